The molecule has 3 rings (SSSR count). The van der Waals surface area contributed by atoms with Crippen LogP contribution in [0.3, 0.4) is 0 Å². The number of aryl methyl sites for hydroxylation is 1. The maximum Gasteiger partial charge on any atom is 0.355 e. The fraction of sp³-hybridized carbons (Fsp3) is 0.533. The summed E-state index contributed by atoms with van der Waals surface area (Å²) < 4.78 is 2.42. The van der Waals surface area contributed by atoms with Gasteiger partial charge in [0.15, 0.2) is 0 Å². The van der Waals surface area contributed by atoms with Crippen LogP contribution >= 0.6 is 0 Å². The Labute approximate surface area is 109 Å². The highest BCUT2D eigenvalue weighted by Gasteiger charge is 2.38. The zero-order valence-corrected chi connectivity index (χ0v) is 11.4. The van der Waals surface area contributed by atoms with Crippen LogP contribution in [0.2, 0.25) is 0 Å². The summed E-state index contributed by atoms with van der Waals surface area (Å²) in [6.07, 6.45) is 2.62. The van der Waals surface area contributed by atoms with E-state index in [1.807, 2.05) is 0 Å². The van der Waals surface area contributed by atoms with Crippen molar-refractivity contribution in [3.8, 4) is 0 Å². The number of para-hydroxylation sites is 1. The van der Waals surface area contributed by atoms with Crippen molar-refractivity contribution in [2.24, 2.45) is 0 Å². The summed E-state index contributed by atoms with van der Waals surface area (Å²) >= 11 is 0. The molecule has 1 aromatic rings. The zero-order chi connectivity index (χ0) is 12.5. The predicted molar refractivity (Wildman–Crippen MR) is 75.4 cm³/mol. The van der Waals surface area contributed by atoms with Crippen molar-refractivity contribution in [1.29, 1.82) is 0 Å². The van der Waals surface area contributed by atoms with E-state index in [-0.39, 0.29) is 0 Å². The molecular weight excluding hydrogens is 222 g/mol. The second kappa shape index (κ2) is 4.63. The van der Waals surface area contributed by atoms with Crippen LogP contribution in [0.1, 0.15) is 18.4 Å². The van der Waals surface area contributed by atoms with E-state index in [0.29, 0.717) is 0 Å². The van der Waals surface area contributed by atoms with Crippen molar-refractivity contribution in [2.45, 2.75) is 19.8 Å². The molecule has 0 N–H and O–H groups in total. The second-order valence-corrected chi connectivity index (χ2v) is 5.35. The smallest absolute Gasteiger partial charge is 0.267 e. The van der Waals surface area contributed by atoms with Crippen LogP contribution in [-0.2, 0) is 0 Å². The van der Waals surface area contributed by atoms with Crippen LogP contribution in [0.15, 0.2) is 24.3 Å². The van der Waals surface area contributed by atoms with E-state index < -0.39 is 0 Å². The Kier molecular flexibility index (Phi) is 2.98. The van der Waals surface area contributed by atoms with Crippen LogP contribution in [0.25, 0.3) is 0 Å². The number of benzene rings is 1. The molecule has 0 atom stereocenters. The van der Waals surface area contributed by atoms with Gasteiger partial charge in [-0.1, -0.05) is 18.2 Å². The van der Waals surface area contributed by atoms with Gasteiger partial charge in [-0.25, -0.2) is 4.90 Å². The minimum absolute atomic E-state index is 1.12. The van der Waals surface area contributed by atoms with Crippen LogP contribution < -0.4 is 4.90 Å². The molecule has 0 spiro atoms. The SMILES string of the molecule is Cc1ccccc1N1CCN2CCCC[N+](C)=C21. The van der Waals surface area contributed by atoms with E-state index in [1.54, 1.807) is 0 Å². The van der Waals surface area contributed by atoms with Crippen molar-refractivity contribution < 1.29 is 4.58 Å². The molecule has 0 amide bonds. The molecule has 0 bridgehead atoms. The van der Waals surface area contributed by atoms with Crippen molar-refractivity contribution in [3.63, 3.8) is 0 Å². The molecule has 0 radical (unpaired) electrons. The number of anilines is 1. The van der Waals surface area contributed by atoms with Crippen molar-refractivity contribution in [1.82, 2.24) is 4.90 Å². The Morgan fingerprint density at radius 3 is 2.72 bits per heavy atom. The first-order chi connectivity index (χ1) is 8.77. The Morgan fingerprint density at radius 2 is 1.89 bits per heavy atom. The van der Waals surface area contributed by atoms with E-state index in [2.05, 4.69) is 52.6 Å². The average molecular weight is 244 g/mol. The van der Waals surface area contributed by atoms with Gasteiger partial charge in [-0.2, -0.15) is 0 Å². The lowest BCUT2D eigenvalue weighted by molar-refractivity contribution is -0.501. The molecule has 1 saturated heterocycles. The fourth-order valence-corrected chi connectivity index (χ4v) is 3.10. The first kappa shape index (κ1) is 11.6. The van der Waals surface area contributed by atoms with Gasteiger partial charge in [0.1, 0.15) is 12.2 Å². The summed E-state index contributed by atoms with van der Waals surface area (Å²) in [5.74, 6) is 1.40. The molecule has 2 aliphatic heterocycles. The predicted octanol–water partition coefficient (Wildman–Crippen LogP) is 1.91. The summed E-state index contributed by atoms with van der Waals surface area (Å²) in [5, 5.41) is 0. The lowest BCUT2D eigenvalue weighted by Crippen LogP contribution is -2.40. The van der Waals surface area contributed by atoms with E-state index >= 15 is 0 Å². The van der Waals surface area contributed by atoms with Crippen LogP contribution in [-0.4, -0.2) is 48.7 Å². The van der Waals surface area contributed by atoms with Gasteiger partial charge >= 0.3 is 5.96 Å². The Bertz CT molecular complexity index is 478. The standard InChI is InChI=1S/C15H22N3/c1-13-7-3-4-8-14(13)18-12-11-17-10-6-5-9-16(2)15(17)18/h3-4,7-8H,5-6,9-12H2,1-2H3/q+1. The molecule has 2 aliphatic rings. The van der Waals surface area contributed by atoms with Gasteiger partial charge in [0, 0.05) is 0 Å². The molecule has 18 heavy (non-hydrogen) atoms. The Hall–Kier alpha value is -1.51. The van der Waals surface area contributed by atoms with E-state index in [4.69, 9.17) is 0 Å². The third-order valence-corrected chi connectivity index (χ3v) is 4.04. The third kappa shape index (κ3) is 1.88. The molecule has 0 saturated carbocycles. The van der Waals surface area contributed by atoms with Gasteiger partial charge in [0.2, 0.25) is 0 Å². The molecule has 3 nitrogen and oxygen atoms in total. The van der Waals surface area contributed by atoms with Crippen LogP contribution in [0.4, 0.5) is 5.69 Å². The Balaban J connectivity index is 2.01. The fourth-order valence-electron chi connectivity index (χ4n) is 3.10. The quantitative estimate of drug-likeness (QED) is 0.698. The maximum atomic E-state index is 2.54. The van der Waals surface area contributed by atoms with Gasteiger partial charge in [0.05, 0.1) is 26.7 Å². The number of rotatable bonds is 1. The highest BCUT2D eigenvalue weighted by molar-refractivity contribution is 5.95. The van der Waals surface area contributed by atoms with Gasteiger partial charge in [0.25, 0.3) is 0 Å². The highest BCUT2D eigenvalue weighted by atomic mass is 15.5. The second-order valence-electron chi connectivity index (χ2n) is 5.35. The van der Waals surface area contributed by atoms with Crippen LogP contribution in [0.5, 0.6) is 0 Å². The van der Waals surface area contributed by atoms with Gasteiger partial charge in [-0.15, -0.1) is 0 Å². The van der Waals surface area contributed by atoms with Gasteiger partial charge < -0.3 is 0 Å². The summed E-state index contributed by atoms with van der Waals surface area (Å²) in [6.45, 7) is 6.87. The molecule has 0 unspecified atom stereocenters. The van der Waals surface area contributed by atoms with Crippen molar-refractivity contribution in [3.05, 3.63) is 29.8 Å². The summed E-state index contributed by atoms with van der Waals surface area (Å²) in [7, 11) is 2.23. The molecular formula is C15H22N3+. The molecule has 2 heterocycles. The normalized spacial score (nSPS) is 20.1. The van der Waals surface area contributed by atoms with Crippen molar-refractivity contribution in [2.75, 3.05) is 38.1 Å². The number of hydrogen-bond donors (Lipinski definition) is 0. The minimum atomic E-state index is 1.12. The molecule has 1 aromatic carbocycles. The van der Waals surface area contributed by atoms with Gasteiger partial charge in [-0.05, 0) is 31.4 Å². The minimum Gasteiger partial charge on any atom is -0.267 e. The molecule has 3 heteroatoms. The first-order valence-electron chi connectivity index (χ1n) is 6.93. The lowest BCUT2D eigenvalue weighted by atomic mass is 10.2. The van der Waals surface area contributed by atoms with Gasteiger partial charge in [-0.3, -0.25) is 9.48 Å². The van der Waals surface area contributed by atoms with Crippen molar-refractivity contribution >= 4 is 11.6 Å². The van der Waals surface area contributed by atoms with Crippen LogP contribution in [0, 0.1) is 6.92 Å². The summed E-state index contributed by atoms with van der Waals surface area (Å²) in [6, 6.07) is 8.70. The lowest BCUT2D eigenvalue weighted by Gasteiger charge is -2.18. The number of guanidine groups is 1. The average Bonchev–Trinajstić information content (AvgIpc) is 2.70. The molecule has 96 valence electrons. The molecule has 1 fully saturated rings. The zero-order valence-electron chi connectivity index (χ0n) is 11.4. The molecule has 0 aromatic heterocycles. The van der Waals surface area contributed by atoms with E-state index in [1.165, 1.54) is 43.1 Å². The van der Waals surface area contributed by atoms with E-state index in [0.717, 1.165) is 13.1 Å². The topological polar surface area (TPSA) is 9.49 Å². The monoisotopic (exact) mass is 244 g/mol. The third-order valence-electron chi connectivity index (χ3n) is 4.04. The maximum absolute atomic E-state index is 2.54. The highest BCUT2D eigenvalue weighted by Crippen LogP contribution is 2.24. The number of hydrogen-bond acceptors (Lipinski definition) is 2. The number of nitrogens with zero attached hydrogens (tertiary/aromatic N) is 3. The summed E-state index contributed by atoms with van der Waals surface area (Å²) in [4.78, 5) is 5.03. The number of fused-ring (bicyclic) bond motifs is 1. The van der Waals surface area contributed by atoms with E-state index in [9.17, 15) is 0 Å². The summed E-state index contributed by atoms with van der Waals surface area (Å²) in [5.41, 5.74) is 2.73. The Morgan fingerprint density at radius 1 is 1.06 bits per heavy atom. The molecule has 0 aliphatic carbocycles. The first-order valence-corrected chi connectivity index (χ1v) is 6.93. The largest absolute Gasteiger partial charge is 0.355 e.